The standard InChI is InChI=1S/C14H14ClF2N3O3/c1-20-13(19)10(11(18)12(16)17)14(22)23-6-9(21)7-4-2-3-5-8(7)15/h2-5,12H,6,18H2,1H3,(H2,19,20). The topological polar surface area (TPSA) is 108 Å². The zero-order chi connectivity index (χ0) is 17.6. The molecule has 0 aromatic heterocycles. The monoisotopic (exact) mass is 345 g/mol. The number of halogens is 3. The van der Waals surface area contributed by atoms with E-state index in [1.165, 1.54) is 19.2 Å². The van der Waals surface area contributed by atoms with Crippen molar-refractivity contribution in [2.24, 2.45) is 16.5 Å². The summed E-state index contributed by atoms with van der Waals surface area (Å²) in [5.74, 6) is -2.39. The highest BCUT2D eigenvalue weighted by Crippen LogP contribution is 2.16. The van der Waals surface area contributed by atoms with Crippen molar-refractivity contribution in [3.8, 4) is 0 Å². The van der Waals surface area contributed by atoms with Crippen LogP contribution in [0, 0.1) is 0 Å². The van der Waals surface area contributed by atoms with Crippen LogP contribution in [0.3, 0.4) is 0 Å². The molecule has 0 saturated carbocycles. The Bertz CT molecular complexity index is 675. The summed E-state index contributed by atoms with van der Waals surface area (Å²) in [6, 6.07) is 6.11. The van der Waals surface area contributed by atoms with Crippen LogP contribution in [0.15, 0.2) is 40.5 Å². The average Bonchev–Trinajstić information content (AvgIpc) is 2.52. The van der Waals surface area contributed by atoms with Gasteiger partial charge in [0.1, 0.15) is 11.4 Å². The Morgan fingerprint density at radius 3 is 2.43 bits per heavy atom. The average molecular weight is 346 g/mol. The molecule has 1 aromatic rings. The van der Waals surface area contributed by atoms with Crippen LogP contribution in [-0.4, -0.2) is 37.7 Å². The van der Waals surface area contributed by atoms with Gasteiger partial charge < -0.3 is 16.2 Å². The zero-order valence-corrected chi connectivity index (χ0v) is 12.8. The maximum Gasteiger partial charge on any atom is 0.344 e. The third-order valence-electron chi connectivity index (χ3n) is 2.73. The van der Waals surface area contributed by atoms with Gasteiger partial charge in [0.2, 0.25) is 5.78 Å². The van der Waals surface area contributed by atoms with Gasteiger partial charge in [0.25, 0.3) is 6.43 Å². The van der Waals surface area contributed by atoms with E-state index in [9.17, 15) is 18.4 Å². The quantitative estimate of drug-likeness (QED) is 0.267. The summed E-state index contributed by atoms with van der Waals surface area (Å²) >= 11 is 5.83. The molecule has 1 aromatic carbocycles. The molecule has 0 radical (unpaired) electrons. The fourth-order valence-corrected chi connectivity index (χ4v) is 1.80. The van der Waals surface area contributed by atoms with Crippen LogP contribution in [0.1, 0.15) is 10.4 Å². The molecular formula is C14H14ClF2N3O3. The zero-order valence-electron chi connectivity index (χ0n) is 12.1. The Morgan fingerprint density at radius 1 is 1.30 bits per heavy atom. The van der Waals surface area contributed by atoms with Crippen molar-refractivity contribution >= 4 is 29.2 Å². The van der Waals surface area contributed by atoms with Gasteiger partial charge in [0, 0.05) is 12.6 Å². The van der Waals surface area contributed by atoms with E-state index in [2.05, 4.69) is 4.99 Å². The van der Waals surface area contributed by atoms with Crippen LogP contribution in [-0.2, 0) is 9.53 Å². The van der Waals surface area contributed by atoms with Crippen molar-refractivity contribution in [2.75, 3.05) is 13.7 Å². The van der Waals surface area contributed by atoms with Gasteiger partial charge in [-0.2, -0.15) is 0 Å². The van der Waals surface area contributed by atoms with Gasteiger partial charge in [-0.25, -0.2) is 13.6 Å². The van der Waals surface area contributed by atoms with Crippen LogP contribution in [0.2, 0.25) is 5.02 Å². The number of nitrogens with two attached hydrogens (primary N) is 2. The van der Waals surface area contributed by atoms with E-state index in [4.69, 9.17) is 27.8 Å². The number of Topliss-reactive ketones (excluding diaryl/α,β-unsaturated/α-hetero) is 1. The summed E-state index contributed by atoms with van der Waals surface area (Å²) in [5.41, 5.74) is 8.79. The van der Waals surface area contributed by atoms with E-state index < -0.39 is 41.9 Å². The molecule has 0 aliphatic carbocycles. The molecule has 0 unspecified atom stereocenters. The van der Waals surface area contributed by atoms with Gasteiger partial charge >= 0.3 is 5.97 Å². The number of allylic oxidation sites excluding steroid dienone is 1. The van der Waals surface area contributed by atoms with Gasteiger partial charge in [-0.15, -0.1) is 0 Å². The van der Waals surface area contributed by atoms with E-state index in [1.54, 1.807) is 12.1 Å². The van der Waals surface area contributed by atoms with E-state index in [0.717, 1.165) is 0 Å². The predicted molar refractivity (Wildman–Crippen MR) is 81.5 cm³/mol. The molecule has 23 heavy (non-hydrogen) atoms. The van der Waals surface area contributed by atoms with Crippen LogP contribution < -0.4 is 11.5 Å². The summed E-state index contributed by atoms with van der Waals surface area (Å²) in [7, 11) is 1.19. The van der Waals surface area contributed by atoms with Crippen LogP contribution in [0.25, 0.3) is 0 Å². The maximum absolute atomic E-state index is 12.7. The van der Waals surface area contributed by atoms with E-state index in [1.807, 2.05) is 0 Å². The minimum Gasteiger partial charge on any atom is -0.454 e. The molecule has 0 spiro atoms. The lowest BCUT2D eigenvalue weighted by Gasteiger charge is -2.11. The van der Waals surface area contributed by atoms with Gasteiger partial charge in [-0.3, -0.25) is 9.79 Å². The van der Waals surface area contributed by atoms with Crippen LogP contribution in [0.5, 0.6) is 0 Å². The van der Waals surface area contributed by atoms with Gasteiger partial charge in [0.05, 0.1) is 10.7 Å². The minimum absolute atomic E-state index is 0.131. The smallest absolute Gasteiger partial charge is 0.344 e. The van der Waals surface area contributed by atoms with Crippen molar-refractivity contribution in [1.29, 1.82) is 0 Å². The fourth-order valence-electron chi connectivity index (χ4n) is 1.56. The molecule has 124 valence electrons. The second kappa shape index (κ2) is 8.23. The van der Waals surface area contributed by atoms with E-state index in [0.29, 0.717) is 0 Å². The number of carbonyl (C=O) groups excluding carboxylic acids is 2. The molecule has 0 fully saturated rings. The Balaban J connectivity index is 2.91. The van der Waals surface area contributed by atoms with Crippen LogP contribution >= 0.6 is 11.6 Å². The summed E-state index contributed by atoms with van der Waals surface area (Å²) in [6.07, 6.45) is -3.13. The lowest BCUT2D eigenvalue weighted by atomic mass is 10.1. The van der Waals surface area contributed by atoms with Crippen molar-refractivity contribution in [3.05, 3.63) is 46.1 Å². The highest BCUT2D eigenvalue weighted by molar-refractivity contribution is 6.34. The first-order valence-corrected chi connectivity index (χ1v) is 6.62. The second-order valence-electron chi connectivity index (χ2n) is 4.22. The lowest BCUT2D eigenvalue weighted by molar-refractivity contribution is -0.137. The Hall–Kier alpha value is -2.48. The minimum atomic E-state index is -3.13. The number of alkyl halides is 2. The normalized spacial score (nSPS) is 12.8. The number of hydrogen-bond acceptors (Lipinski definition) is 5. The van der Waals surface area contributed by atoms with Gasteiger partial charge in [-0.05, 0) is 12.1 Å². The molecule has 0 bridgehead atoms. The third kappa shape index (κ3) is 4.75. The molecule has 0 aliphatic rings. The first-order chi connectivity index (χ1) is 10.8. The number of esters is 1. The van der Waals surface area contributed by atoms with Gasteiger partial charge in [0.15, 0.2) is 6.61 Å². The summed E-state index contributed by atoms with van der Waals surface area (Å²) in [4.78, 5) is 27.2. The number of amidine groups is 1. The molecule has 1 rings (SSSR count). The number of aliphatic imine (C=N–C) groups is 1. The van der Waals surface area contributed by atoms with Crippen molar-refractivity contribution in [2.45, 2.75) is 6.43 Å². The number of rotatable bonds is 6. The highest BCUT2D eigenvalue weighted by Gasteiger charge is 2.25. The molecule has 4 N–H and O–H groups in total. The number of nitrogens with zero attached hydrogens (tertiary/aromatic N) is 1. The fraction of sp³-hybridized carbons (Fsp3) is 0.214. The second-order valence-corrected chi connectivity index (χ2v) is 4.63. The lowest BCUT2D eigenvalue weighted by Crippen LogP contribution is -2.30. The summed E-state index contributed by atoms with van der Waals surface area (Å²) < 4.78 is 30.0. The van der Waals surface area contributed by atoms with Gasteiger partial charge in [-0.1, -0.05) is 23.7 Å². The molecule has 6 nitrogen and oxygen atoms in total. The maximum atomic E-state index is 12.7. The number of hydrogen-bond donors (Lipinski definition) is 2. The SMILES string of the molecule is CN=C(N)C(C(=O)OCC(=O)c1ccccc1Cl)=C(N)C(F)F. The molecule has 0 amide bonds. The number of carbonyl (C=O) groups is 2. The molecule has 0 atom stereocenters. The molecule has 0 heterocycles. The number of ether oxygens (including phenoxy) is 1. The van der Waals surface area contributed by atoms with Crippen LogP contribution in [0.4, 0.5) is 8.78 Å². The molecule has 0 saturated heterocycles. The highest BCUT2D eigenvalue weighted by atomic mass is 35.5. The van der Waals surface area contributed by atoms with E-state index in [-0.39, 0.29) is 10.6 Å². The number of benzene rings is 1. The molecule has 9 heteroatoms. The first-order valence-electron chi connectivity index (χ1n) is 6.24. The molecular weight excluding hydrogens is 332 g/mol. The number of ketones is 1. The Labute approximate surface area is 135 Å². The third-order valence-corrected chi connectivity index (χ3v) is 3.06. The Kier molecular flexibility index (Phi) is 6.65. The first kappa shape index (κ1) is 18.6. The summed E-state index contributed by atoms with van der Waals surface area (Å²) in [6.45, 7) is -0.709. The van der Waals surface area contributed by atoms with Crippen molar-refractivity contribution in [3.63, 3.8) is 0 Å². The largest absolute Gasteiger partial charge is 0.454 e. The van der Waals surface area contributed by atoms with Crippen molar-refractivity contribution < 1.29 is 23.1 Å². The predicted octanol–water partition coefficient (Wildman–Crippen LogP) is 1.53. The van der Waals surface area contributed by atoms with E-state index >= 15 is 0 Å². The van der Waals surface area contributed by atoms with Crippen molar-refractivity contribution in [1.82, 2.24) is 0 Å². The summed E-state index contributed by atoms with van der Waals surface area (Å²) in [5, 5.41) is 0.172. The Morgan fingerprint density at radius 2 is 1.91 bits per heavy atom. The molecule has 0 aliphatic heterocycles.